The molecule has 0 bridgehead atoms. The van der Waals surface area contributed by atoms with Gasteiger partial charge in [0.1, 0.15) is 5.38 Å². The molecule has 2 N–H and O–H groups in total. The number of hydrogen-bond donors (Lipinski definition) is 2. The Bertz CT molecular complexity index is 582. The lowest BCUT2D eigenvalue weighted by Crippen LogP contribution is -2.68. The number of rotatable bonds is 3. The van der Waals surface area contributed by atoms with Crippen molar-refractivity contribution in [3.63, 3.8) is 0 Å². The highest BCUT2D eigenvalue weighted by Crippen LogP contribution is 2.42. The molecule has 0 aromatic rings. The third kappa shape index (κ3) is 4.71. The summed E-state index contributed by atoms with van der Waals surface area (Å²) < 4.78 is 39.9. The zero-order valence-corrected chi connectivity index (χ0v) is 17.0. The second kappa shape index (κ2) is 8.42. The Morgan fingerprint density at radius 1 is 1.19 bits per heavy atom. The van der Waals surface area contributed by atoms with Gasteiger partial charge in [-0.15, -0.1) is 11.6 Å². The van der Waals surface area contributed by atoms with Crippen molar-refractivity contribution in [1.29, 1.82) is 0 Å². The predicted octanol–water partition coefficient (Wildman–Crippen LogP) is 1.83. The standard InChI is InChI=1S/C16H23BrClF3N4O2/c17-14-13(12(18)15(27)23-22-14)25-6-5-24(11(26)8-25)7-9-3-1-2-4-10(9)16(19,20)21/h9-10,12-14,22H,1-8H2,(H,23,27). The fourth-order valence-electron chi connectivity index (χ4n) is 4.28. The Labute approximate surface area is 169 Å². The number of amides is 2. The number of hydrogen-bond acceptors (Lipinski definition) is 4. The molecule has 5 unspecified atom stereocenters. The molecule has 0 aromatic heterocycles. The summed E-state index contributed by atoms with van der Waals surface area (Å²) in [4.78, 5) is 27.4. The fraction of sp³-hybridized carbons (Fsp3) is 0.875. The lowest BCUT2D eigenvalue weighted by Gasteiger charge is -2.45. The van der Waals surface area contributed by atoms with Crippen molar-refractivity contribution >= 4 is 39.3 Å². The first kappa shape index (κ1) is 21.1. The summed E-state index contributed by atoms with van der Waals surface area (Å²) in [6, 6.07) is -0.427. The van der Waals surface area contributed by atoms with Crippen LogP contribution >= 0.6 is 27.5 Å². The largest absolute Gasteiger partial charge is 0.392 e. The topological polar surface area (TPSA) is 64.7 Å². The van der Waals surface area contributed by atoms with E-state index in [-0.39, 0.29) is 36.3 Å². The Kier molecular flexibility index (Phi) is 6.59. The molecular weight excluding hydrogens is 453 g/mol. The quantitative estimate of drug-likeness (QED) is 0.483. The Morgan fingerprint density at radius 3 is 2.56 bits per heavy atom. The van der Waals surface area contributed by atoms with Gasteiger partial charge in [0.15, 0.2) is 0 Å². The van der Waals surface area contributed by atoms with Crippen LogP contribution in [0.3, 0.4) is 0 Å². The number of piperazine rings is 1. The average molecular weight is 476 g/mol. The first-order valence-electron chi connectivity index (χ1n) is 9.10. The van der Waals surface area contributed by atoms with Crippen molar-refractivity contribution in [1.82, 2.24) is 20.7 Å². The normalized spacial score (nSPS) is 36.6. The van der Waals surface area contributed by atoms with E-state index in [4.69, 9.17) is 11.6 Å². The summed E-state index contributed by atoms with van der Waals surface area (Å²) in [6.45, 7) is 0.970. The van der Waals surface area contributed by atoms with Crippen molar-refractivity contribution in [2.45, 2.75) is 48.2 Å². The number of carbonyl (C=O) groups is 2. The van der Waals surface area contributed by atoms with E-state index in [0.717, 1.165) is 6.42 Å². The van der Waals surface area contributed by atoms with E-state index in [9.17, 15) is 22.8 Å². The van der Waals surface area contributed by atoms with Gasteiger partial charge in [-0.3, -0.25) is 19.9 Å². The van der Waals surface area contributed by atoms with Crippen LogP contribution in [-0.4, -0.2) is 70.3 Å². The van der Waals surface area contributed by atoms with Gasteiger partial charge in [-0.2, -0.15) is 13.2 Å². The third-order valence-electron chi connectivity index (χ3n) is 5.74. The average Bonchev–Trinajstić information content (AvgIpc) is 2.60. The number of alkyl halides is 5. The molecule has 3 fully saturated rings. The minimum absolute atomic E-state index is 0.0361. The zero-order valence-electron chi connectivity index (χ0n) is 14.6. The first-order chi connectivity index (χ1) is 12.7. The van der Waals surface area contributed by atoms with Crippen LogP contribution in [0.15, 0.2) is 0 Å². The van der Waals surface area contributed by atoms with Crippen LogP contribution in [0.4, 0.5) is 13.2 Å². The van der Waals surface area contributed by atoms with Crippen LogP contribution in [0.25, 0.3) is 0 Å². The van der Waals surface area contributed by atoms with Crippen molar-refractivity contribution < 1.29 is 22.8 Å². The van der Waals surface area contributed by atoms with E-state index < -0.39 is 29.4 Å². The molecule has 5 atom stereocenters. The summed E-state index contributed by atoms with van der Waals surface area (Å²) in [5, 5.41) is -0.831. The zero-order chi connectivity index (χ0) is 19.8. The molecule has 0 aromatic carbocycles. The molecule has 2 saturated heterocycles. The second-order valence-corrected chi connectivity index (χ2v) is 8.89. The maximum atomic E-state index is 13.3. The molecule has 2 aliphatic heterocycles. The lowest BCUT2D eigenvalue weighted by atomic mass is 9.78. The van der Waals surface area contributed by atoms with Crippen LogP contribution < -0.4 is 10.9 Å². The number of nitrogens with one attached hydrogen (secondary N) is 2. The first-order valence-corrected chi connectivity index (χ1v) is 10.5. The minimum atomic E-state index is -4.22. The van der Waals surface area contributed by atoms with Gasteiger partial charge in [0.05, 0.1) is 23.5 Å². The number of nitrogens with zero attached hydrogens (tertiary/aromatic N) is 2. The summed E-state index contributed by atoms with van der Waals surface area (Å²) in [5.41, 5.74) is 5.21. The summed E-state index contributed by atoms with van der Waals surface area (Å²) in [7, 11) is 0. The molecule has 154 valence electrons. The Hall–Kier alpha value is -0.580. The summed E-state index contributed by atoms with van der Waals surface area (Å²) in [5.74, 6) is -2.46. The van der Waals surface area contributed by atoms with Gasteiger partial charge in [0.25, 0.3) is 5.91 Å². The molecule has 11 heteroatoms. The maximum absolute atomic E-state index is 13.3. The monoisotopic (exact) mass is 474 g/mol. The molecule has 27 heavy (non-hydrogen) atoms. The molecule has 3 rings (SSSR count). The SMILES string of the molecule is O=C1NNC(Br)C(N2CCN(CC3CCCCC3C(F)(F)F)C(=O)C2)C1Cl. The minimum Gasteiger partial charge on any atom is -0.340 e. The highest BCUT2D eigenvalue weighted by Gasteiger charge is 2.47. The van der Waals surface area contributed by atoms with E-state index in [0.29, 0.717) is 25.9 Å². The molecule has 3 aliphatic rings. The molecular formula is C16H23BrClF3N4O2. The second-order valence-electron chi connectivity index (χ2n) is 7.43. The number of carbonyl (C=O) groups excluding carboxylic acids is 2. The highest BCUT2D eigenvalue weighted by molar-refractivity contribution is 9.09. The van der Waals surface area contributed by atoms with E-state index >= 15 is 0 Å². The van der Waals surface area contributed by atoms with Crippen molar-refractivity contribution in [3.05, 3.63) is 0 Å². The molecule has 2 heterocycles. The van der Waals surface area contributed by atoms with Crippen LogP contribution in [-0.2, 0) is 9.59 Å². The van der Waals surface area contributed by atoms with Crippen molar-refractivity contribution in [3.8, 4) is 0 Å². The Morgan fingerprint density at radius 2 is 1.89 bits per heavy atom. The molecule has 0 radical (unpaired) electrons. The number of hydrazine groups is 1. The van der Waals surface area contributed by atoms with Crippen molar-refractivity contribution in [2.75, 3.05) is 26.2 Å². The van der Waals surface area contributed by atoms with E-state index in [1.165, 1.54) is 4.90 Å². The number of halogens is 5. The van der Waals surface area contributed by atoms with Gasteiger partial charge in [0, 0.05) is 19.6 Å². The maximum Gasteiger partial charge on any atom is 0.392 e. The molecule has 1 aliphatic carbocycles. The van der Waals surface area contributed by atoms with Gasteiger partial charge in [-0.25, -0.2) is 5.43 Å². The predicted molar refractivity (Wildman–Crippen MR) is 97.1 cm³/mol. The smallest absolute Gasteiger partial charge is 0.340 e. The van der Waals surface area contributed by atoms with Gasteiger partial charge < -0.3 is 4.90 Å². The van der Waals surface area contributed by atoms with Gasteiger partial charge in [0.2, 0.25) is 5.91 Å². The van der Waals surface area contributed by atoms with Gasteiger partial charge in [-0.1, -0.05) is 28.8 Å². The molecule has 2 amide bonds. The van der Waals surface area contributed by atoms with Crippen LogP contribution in [0, 0.1) is 11.8 Å². The third-order valence-corrected chi connectivity index (χ3v) is 6.96. The van der Waals surface area contributed by atoms with Gasteiger partial charge >= 0.3 is 6.18 Å². The molecule has 1 saturated carbocycles. The highest BCUT2D eigenvalue weighted by atomic mass is 79.9. The molecule has 0 spiro atoms. The van der Waals surface area contributed by atoms with E-state index in [1.54, 1.807) is 0 Å². The van der Waals surface area contributed by atoms with E-state index in [2.05, 4.69) is 26.8 Å². The Balaban J connectivity index is 1.61. The van der Waals surface area contributed by atoms with E-state index in [1.807, 2.05) is 4.90 Å². The molecule has 6 nitrogen and oxygen atoms in total. The van der Waals surface area contributed by atoms with Crippen LogP contribution in [0.1, 0.15) is 25.7 Å². The van der Waals surface area contributed by atoms with Crippen LogP contribution in [0.2, 0.25) is 0 Å². The van der Waals surface area contributed by atoms with Crippen LogP contribution in [0.5, 0.6) is 0 Å². The summed E-state index contributed by atoms with van der Waals surface area (Å²) in [6.07, 6.45) is -2.22. The van der Waals surface area contributed by atoms with Gasteiger partial charge in [-0.05, 0) is 18.8 Å². The fourth-order valence-corrected chi connectivity index (χ4v) is 5.57. The lowest BCUT2D eigenvalue weighted by molar-refractivity contribution is -0.198. The summed E-state index contributed by atoms with van der Waals surface area (Å²) >= 11 is 9.60. The van der Waals surface area contributed by atoms with Crippen molar-refractivity contribution in [2.24, 2.45) is 11.8 Å².